The number of oxazole rings is 1. The third kappa shape index (κ3) is 2.59. The molecule has 0 aliphatic carbocycles. The predicted molar refractivity (Wildman–Crippen MR) is 78.7 cm³/mol. The number of halogens is 2. The zero-order valence-corrected chi connectivity index (χ0v) is 12.1. The van der Waals surface area contributed by atoms with Gasteiger partial charge < -0.3 is 10.2 Å². The van der Waals surface area contributed by atoms with Crippen LogP contribution in [0.25, 0.3) is 11.1 Å². The van der Waals surface area contributed by atoms with Crippen molar-refractivity contribution in [3.63, 3.8) is 0 Å². The molecule has 2 aromatic carbocycles. The maximum absolute atomic E-state index is 13.3. The molecule has 1 heterocycles. The van der Waals surface area contributed by atoms with Crippen LogP contribution in [0, 0.1) is 5.82 Å². The molecule has 1 unspecified atom stereocenters. The molecule has 0 saturated heterocycles. The monoisotopic (exact) mass is 334 g/mol. The highest BCUT2D eigenvalue weighted by atomic mass is 79.9. The summed E-state index contributed by atoms with van der Waals surface area (Å²) in [6, 6.07) is 11.6. The second-order valence-corrected chi connectivity index (χ2v) is 5.41. The maximum Gasteiger partial charge on any atom is 0.197 e. The number of fused-ring (bicyclic) bond motifs is 1. The van der Waals surface area contributed by atoms with E-state index in [0.717, 1.165) is 15.6 Å². The lowest BCUT2D eigenvalue weighted by Crippen LogP contribution is -2.14. The van der Waals surface area contributed by atoms with E-state index in [9.17, 15) is 4.39 Å². The Morgan fingerprint density at radius 1 is 1.25 bits per heavy atom. The van der Waals surface area contributed by atoms with Crippen LogP contribution in [-0.4, -0.2) is 4.98 Å². The van der Waals surface area contributed by atoms with Gasteiger partial charge in [0.05, 0.1) is 0 Å². The van der Waals surface area contributed by atoms with Gasteiger partial charge in [-0.15, -0.1) is 0 Å². The van der Waals surface area contributed by atoms with Crippen LogP contribution in [0.5, 0.6) is 0 Å². The molecule has 1 aromatic heterocycles. The Hall–Kier alpha value is -1.72. The summed E-state index contributed by atoms with van der Waals surface area (Å²) >= 11 is 3.38. The topological polar surface area (TPSA) is 52.0 Å². The zero-order chi connectivity index (χ0) is 14.1. The molecule has 0 saturated carbocycles. The second kappa shape index (κ2) is 5.34. The van der Waals surface area contributed by atoms with Crippen LogP contribution in [0.3, 0.4) is 0 Å². The summed E-state index contributed by atoms with van der Waals surface area (Å²) in [7, 11) is 0. The third-order valence-corrected chi connectivity index (χ3v) is 3.81. The van der Waals surface area contributed by atoms with Gasteiger partial charge in [0.25, 0.3) is 0 Å². The number of rotatable bonds is 3. The van der Waals surface area contributed by atoms with Crippen LogP contribution < -0.4 is 5.73 Å². The average molecular weight is 335 g/mol. The molecule has 3 aromatic rings. The fourth-order valence-electron chi connectivity index (χ4n) is 2.10. The van der Waals surface area contributed by atoms with Gasteiger partial charge in [0, 0.05) is 16.9 Å². The van der Waals surface area contributed by atoms with Crippen molar-refractivity contribution < 1.29 is 8.81 Å². The quantitative estimate of drug-likeness (QED) is 0.788. The Morgan fingerprint density at radius 2 is 2.05 bits per heavy atom. The van der Waals surface area contributed by atoms with E-state index in [1.165, 1.54) is 12.1 Å². The highest BCUT2D eigenvalue weighted by Crippen LogP contribution is 2.26. The fourth-order valence-corrected chi connectivity index (χ4v) is 2.64. The minimum Gasteiger partial charge on any atom is -0.441 e. The van der Waals surface area contributed by atoms with Crippen LogP contribution in [0.2, 0.25) is 0 Å². The fraction of sp³-hybridized carbons (Fsp3) is 0.133. The third-order valence-electron chi connectivity index (χ3n) is 3.09. The van der Waals surface area contributed by atoms with Crippen molar-refractivity contribution >= 4 is 27.0 Å². The predicted octanol–water partition coefficient (Wildman–Crippen LogP) is 3.97. The summed E-state index contributed by atoms with van der Waals surface area (Å²) in [5.74, 6) is 0.242. The number of para-hydroxylation sites is 2. The smallest absolute Gasteiger partial charge is 0.197 e. The molecule has 102 valence electrons. The summed E-state index contributed by atoms with van der Waals surface area (Å²) in [5, 5.41) is 0. The van der Waals surface area contributed by atoms with Gasteiger partial charge in [-0.25, -0.2) is 9.37 Å². The van der Waals surface area contributed by atoms with Crippen LogP contribution >= 0.6 is 15.9 Å². The molecule has 5 heteroatoms. The van der Waals surface area contributed by atoms with Crippen LogP contribution in [0.1, 0.15) is 17.5 Å². The van der Waals surface area contributed by atoms with Gasteiger partial charge in [0.1, 0.15) is 11.3 Å². The van der Waals surface area contributed by atoms with E-state index in [2.05, 4.69) is 20.9 Å². The molecule has 1 atom stereocenters. The minimum atomic E-state index is -0.381. The first-order valence-corrected chi connectivity index (χ1v) is 6.98. The Morgan fingerprint density at radius 3 is 2.85 bits per heavy atom. The molecular formula is C15H12BrFN2O. The molecule has 3 rings (SSSR count). The Labute approximate surface area is 123 Å². The molecule has 0 aliphatic rings. The van der Waals surface area contributed by atoms with E-state index in [1.54, 1.807) is 6.07 Å². The summed E-state index contributed by atoms with van der Waals surface area (Å²) in [6.45, 7) is 0. The van der Waals surface area contributed by atoms with Crippen molar-refractivity contribution in [1.82, 2.24) is 4.98 Å². The number of nitrogens with zero attached hydrogens (tertiary/aromatic N) is 1. The minimum absolute atomic E-state index is 0.309. The van der Waals surface area contributed by atoms with Crippen molar-refractivity contribution in [2.45, 2.75) is 12.5 Å². The van der Waals surface area contributed by atoms with Gasteiger partial charge in [-0.05, 0) is 35.9 Å². The van der Waals surface area contributed by atoms with Crippen molar-refractivity contribution in [1.29, 1.82) is 0 Å². The lowest BCUT2D eigenvalue weighted by atomic mass is 10.0. The standard InChI is InChI=1S/C15H12BrFN2O/c16-11-6-5-9(17)7-10(11)12(18)8-15-19-13-3-1-2-4-14(13)20-15/h1-7,12H,8,18H2. The SMILES string of the molecule is NC(Cc1nc2ccccc2o1)c1cc(F)ccc1Br. The summed E-state index contributed by atoms with van der Waals surface area (Å²) in [6.07, 6.45) is 0.413. The summed E-state index contributed by atoms with van der Waals surface area (Å²) in [4.78, 5) is 4.37. The van der Waals surface area contributed by atoms with Crippen LogP contribution in [0.15, 0.2) is 51.4 Å². The largest absolute Gasteiger partial charge is 0.441 e. The molecule has 0 radical (unpaired) electrons. The first kappa shape index (κ1) is 13.3. The van der Waals surface area contributed by atoms with Gasteiger partial charge in [0.15, 0.2) is 11.5 Å². The van der Waals surface area contributed by atoms with Crippen molar-refractivity contribution in [2.24, 2.45) is 5.73 Å². The molecule has 20 heavy (non-hydrogen) atoms. The van der Waals surface area contributed by atoms with E-state index < -0.39 is 0 Å². The molecule has 0 amide bonds. The zero-order valence-electron chi connectivity index (χ0n) is 10.5. The van der Waals surface area contributed by atoms with E-state index >= 15 is 0 Å². The number of hydrogen-bond donors (Lipinski definition) is 1. The summed E-state index contributed by atoms with van der Waals surface area (Å²) in [5.41, 5.74) is 8.35. The van der Waals surface area contributed by atoms with Crippen molar-refractivity contribution in [2.75, 3.05) is 0 Å². The lowest BCUT2D eigenvalue weighted by molar-refractivity contribution is 0.500. The van der Waals surface area contributed by atoms with E-state index in [4.69, 9.17) is 10.2 Å². The maximum atomic E-state index is 13.3. The Kier molecular flexibility index (Phi) is 3.54. The first-order valence-electron chi connectivity index (χ1n) is 6.18. The molecule has 2 N–H and O–H groups in total. The average Bonchev–Trinajstić information content (AvgIpc) is 2.83. The van der Waals surface area contributed by atoms with Gasteiger partial charge in [-0.3, -0.25) is 0 Å². The number of nitrogens with two attached hydrogens (primary N) is 1. The van der Waals surface area contributed by atoms with Gasteiger partial charge in [0.2, 0.25) is 0 Å². The molecule has 0 bridgehead atoms. The first-order chi connectivity index (χ1) is 9.63. The Balaban J connectivity index is 1.88. The van der Waals surface area contributed by atoms with E-state index in [-0.39, 0.29) is 11.9 Å². The van der Waals surface area contributed by atoms with E-state index in [1.807, 2.05) is 24.3 Å². The molecule has 3 nitrogen and oxygen atoms in total. The van der Waals surface area contributed by atoms with Crippen LogP contribution in [-0.2, 0) is 6.42 Å². The van der Waals surface area contributed by atoms with Gasteiger partial charge in [-0.1, -0.05) is 28.1 Å². The molecule has 0 spiro atoms. The molecular weight excluding hydrogens is 323 g/mol. The van der Waals surface area contributed by atoms with Gasteiger partial charge >= 0.3 is 0 Å². The van der Waals surface area contributed by atoms with Gasteiger partial charge in [-0.2, -0.15) is 0 Å². The van der Waals surface area contributed by atoms with E-state index in [0.29, 0.717) is 17.9 Å². The number of benzene rings is 2. The second-order valence-electron chi connectivity index (χ2n) is 4.55. The highest BCUT2D eigenvalue weighted by Gasteiger charge is 2.15. The normalized spacial score (nSPS) is 12.8. The van der Waals surface area contributed by atoms with Crippen LogP contribution in [0.4, 0.5) is 4.39 Å². The molecule has 0 aliphatic heterocycles. The van der Waals surface area contributed by atoms with Crippen molar-refractivity contribution in [3.05, 3.63) is 64.2 Å². The Bertz CT molecular complexity index is 723. The number of aromatic nitrogens is 1. The summed E-state index contributed by atoms with van der Waals surface area (Å²) < 4.78 is 19.7. The lowest BCUT2D eigenvalue weighted by Gasteiger charge is -2.11. The van der Waals surface area contributed by atoms with Crippen molar-refractivity contribution in [3.8, 4) is 0 Å². The highest BCUT2D eigenvalue weighted by molar-refractivity contribution is 9.10. The molecule has 0 fully saturated rings. The number of hydrogen-bond acceptors (Lipinski definition) is 3.